The number of anilines is 1. The fraction of sp³-hybridized carbons (Fsp3) is 0.0714. The summed E-state index contributed by atoms with van der Waals surface area (Å²) in [4.78, 5) is 11.0. The van der Waals surface area contributed by atoms with E-state index < -0.39 is 12.6 Å². The normalized spacial score (nSPS) is 9.83. The van der Waals surface area contributed by atoms with Gasteiger partial charge in [-0.3, -0.25) is 4.79 Å². The van der Waals surface area contributed by atoms with E-state index in [1.54, 1.807) is 36.4 Å². The molecule has 0 fully saturated rings. The summed E-state index contributed by atoms with van der Waals surface area (Å²) in [5.41, 5.74) is 0.448. The van der Waals surface area contributed by atoms with Crippen molar-refractivity contribution in [1.82, 2.24) is 0 Å². The molecule has 18 heavy (non-hydrogen) atoms. The summed E-state index contributed by atoms with van der Waals surface area (Å²) in [7, 11) is 0. The number of benzene rings is 2. The number of carbonyl (C=O) groups excluding carboxylic acids is 1. The highest BCUT2D eigenvalue weighted by atomic mass is 18.2. The summed E-state index contributed by atoms with van der Waals surface area (Å²) in [5.74, 6) is 0.434. The first-order valence-electron chi connectivity index (χ1n) is 5.47. The van der Waals surface area contributed by atoms with Crippen molar-refractivity contribution in [1.29, 1.82) is 0 Å². The van der Waals surface area contributed by atoms with Crippen LogP contribution in [0.1, 0.15) is 0 Å². The van der Waals surface area contributed by atoms with Gasteiger partial charge < -0.3 is 10.1 Å². The lowest BCUT2D eigenvalue weighted by Crippen LogP contribution is -2.13. The summed E-state index contributed by atoms with van der Waals surface area (Å²) < 4.78 is 17.8. The molecule has 2 rings (SSSR count). The predicted molar refractivity (Wildman–Crippen MR) is 67.6 cm³/mol. The molecule has 2 aromatic carbocycles. The molecule has 0 unspecified atom stereocenters. The molecule has 0 radical (unpaired) electrons. The monoisotopic (exact) mass is 244 g/mol. The molecule has 0 bridgehead atoms. The summed E-state index contributed by atoms with van der Waals surface area (Å²) >= 11 is 0. The topological polar surface area (TPSA) is 38.3 Å². The lowest BCUT2D eigenvalue weighted by Gasteiger charge is -2.11. The Balaban J connectivity index is 2.20. The minimum Gasteiger partial charge on any atom is -0.455 e. The molecular formula is C14H12FNO2. The Labute approximate surface area is 104 Å². The van der Waals surface area contributed by atoms with Crippen LogP contribution in [-0.4, -0.2) is 12.6 Å². The van der Waals surface area contributed by atoms with Crippen LogP contribution in [-0.2, 0) is 4.79 Å². The first-order chi connectivity index (χ1) is 8.79. The molecule has 0 aromatic heterocycles. The van der Waals surface area contributed by atoms with E-state index >= 15 is 0 Å². The molecule has 0 atom stereocenters. The third kappa shape index (κ3) is 3.07. The Hall–Kier alpha value is -2.36. The number of rotatable bonds is 4. The molecule has 0 aliphatic heterocycles. The highest BCUT2D eigenvalue weighted by Gasteiger charge is 2.07. The molecule has 2 aromatic rings. The molecule has 0 spiro atoms. The first kappa shape index (κ1) is 12.1. The van der Waals surface area contributed by atoms with Crippen LogP contribution in [0.15, 0.2) is 54.6 Å². The molecule has 3 nitrogen and oxygen atoms in total. The van der Waals surface area contributed by atoms with E-state index in [-0.39, 0.29) is 0 Å². The summed E-state index contributed by atoms with van der Waals surface area (Å²) in [6.07, 6.45) is 0. The fourth-order valence-corrected chi connectivity index (χ4v) is 1.46. The summed E-state index contributed by atoms with van der Waals surface area (Å²) in [6.45, 7) is -1.06. The van der Waals surface area contributed by atoms with Gasteiger partial charge in [0.2, 0.25) is 0 Å². The molecule has 1 N–H and O–H groups in total. The van der Waals surface area contributed by atoms with E-state index in [4.69, 9.17) is 4.74 Å². The number of halogens is 1. The van der Waals surface area contributed by atoms with Gasteiger partial charge in [0.25, 0.3) is 5.91 Å². The van der Waals surface area contributed by atoms with Crippen LogP contribution >= 0.6 is 0 Å². The van der Waals surface area contributed by atoms with Crippen molar-refractivity contribution in [3.05, 3.63) is 54.6 Å². The van der Waals surface area contributed by atoms with Gasteiger partial charge in [-0.05, 0) is 24.3 Å². The minimum atomic E-state index is -1.06. The second kappa shape index (κ2) is 5.82. The van der Waals surface area contributed by atoms with E-state index in [0.717, 1.165) is 0 Å². The number of para-hydroxylation sites is 3. The van der Waals surface area contributed by atoms with Gasteiger partial charge in [0.1, 0.15) is 5.75 Å². The second-order valence-corrected chi connectivity index (χ2v) is 3.59. The van der Waals surface area contributed by atoms with Crippen LogP contribution < -0.4 is 10.1 Å². The maximum atomic E-state index is 12.2. The third-order valence-electron chi connectivity index (χ3n) is 2.25. The molecular weight excluding hydrogens is 232 g/mol. The van der Waals surface area contributed by atoms with Crippen molar-refractivity contribution in [3.63, 3.8) is 0 Å². The van der Waals surface area contributed by atoms with Crippen LogP contribution in [0.5, 0.6) is 11.5 Å². The maximum absolute atomic E-state index is 12.2. The number of alkyl halides is 1. The predicted octanol–water partition coefficient (Wildman–Crippen LogP) is 3.39. The van der Waals surface area contributed by atoms with Crippen LogP contribution in [0.4, 0.5) is 10.1 Å². The molecule has 4 heteroatoms. The largest absolute Gasteiger partial charge is 0.455 e. The van der Waals surface area contributed by atoms with Gasteiger partial charge in [0.05, 0.1) is 5.69 Å². The first-order valence-corrected chi connectivity index (χ1v) is 5.47. The van der Waals surface area contributed by atoms with Gasteiger partial charge in [0, 0.05) is 0 Å². The molecule has 0 aliphatic carbocycles. The maximum Gasteiger partial charge on any atom is 0.255 e. The third-order valence-corrected chi connectivity index (χ3v) is 2.25. The Morgan fingerprint density at radius 2 is 1.72 bits per heavy atom. The minimum absolute atomic E-state index is 0.448. The van der Waals surface area contributed by atoms with Gasteiger partial charge in [0.15, 0.2) is 12.4 Å². The Morgan fingerprint density at radius 3 is 2.44 bits per heavy atom. The van der Waals surface area contributed by atoms with E-state index in [2.05, 4.69) is 5.32 Å². The van der Waals surface area contributed by atoms with Crippen molar-refractivity contribution >= 4 is 11.6 Å². The van der Waals surface area contributed by atoms with Gasteiger partial charge in [-0.1, -0.05) is 30.3 Å². The van der Waals surface area contributed by atoms with Gasteiger partial charge in [-0.15, -0.1) is 0 Å². The highest BCUT2D eigenvalue weighted by molar-refractivity contribution is 5.93. The van der Waals surface area contributed by atoms with E-state index in [9.17, 15) is 9.18 Å². The number of carbonyl (C=O) groups is 1. The molecule has 92 valence electrons. The van der Waals surface area contributed by atoms with E-state index in [1.165, 1.54) is 0 Å². The van der Waals surface area contributed by atoms with Crippen molar-refractivity contribution in [2.75, 3.05) is 12.0 Å². The van der Waals surface area contributed by atoms with Gasteiger partial charge >= 0.3 is 0 Å². The number of hydrogen-bond donors (Lipinski definition) is 1. The van der Waals surface area contributed by atoms with Crippen molar-refractivity contribution in [3.8, 4) is 11.5 Å². The molecule has 0 saturated carbocycles. The van der Waals surface area contributed by atoms with Gasteiger partial charge in [-0.25, -0.2) is 4.39 Å². The van der Waals surface area contributed by atoms with E-state index in [1.807, 2.05) is 18.2 Å². The van der Waals surface area contributed by atoms with Crippen molar-refractivity contribution in [2.45, 2.75) is 0 Å². The van der Waals surface area contributed by atoms with Crippen molar-refractivity contribution in [2.24, 2.45) is 0 Å². The number of amides is 1. The van der Waals surface area contributed by atoms with Crippen LogP contribution in [0.2, 0.25) is 0 Å². The molecule has 0 heterocycles. The Kier molecular flexibility index (Phi) is 3.91. The Morgan fingerprint density at radius 1 is 1.06 bits per heavy atom. The van der Waals surface area contributed by atoms with Crippen LogP contribution in [0.3, 0.4) is 0 Å². The lowest BCUT2D eigenvalue weighted by molar-refractivity contribution is -0.117. The zero-order valence-electron chi connectivity index (χ0n) is 9.60. The molecule has 0 saturated heterocycles. The quantitative estimate of drug-likeness (QED) is 0.895. The van der Waals surface area contributed by atoms with Crippen LogP contribution in [0.25, 0.3) is 0 Å². The number of ether oxygens (including phenoxy) is 1. The second-order valence-electron chi connectivity index (χ2n) is 3.59. The van der Waals surface area contributed by atoms with E-state index in [0.29, 0.717) is 17.2 Å². The van der Waals surface area contributed by atoms with Crippen molar-refractivity contribution < 1.29 is 13.9 Å². The highest BCUT2D eigenvalue weighted by Crippen LogP contribution is 2.28. The smallest absolute Gasteiger partial charge is 0.255 e. The Bertz CT molecular complexity index is 528. The zero-order chi connectivity index (χ0) is 12.8. The van der Waals surface area contributed by atoms with Gasteiger partial charge in [-0.2, -0.15) is 0 Å². The SMILES string of the molecule is O=C(C[18F])Nc1ccccc1Oc1ccccc1. The lowest BCUT2D eigenvalue weighted by atomic mass is 10.3. The molecule has 1 amide bonds. The van der Waals surface area contributed by atoms with Crippen LogP contribution in [0, 0.1) is 0 Å². The fourth-order valence-electron chi connectivity index (χ4n) is 1.46. The zero-order valence-corrected chi connectivity index (χ0v) is 9.60. The summed E-state index contributed by atoms with van der Waals surface area (Å²) in [6, 6.07) is 16.1. The standard InChI is InChI=1S/C14H12FNO2/c15-10-14(17)16-12-8-4-5-9-13(12)18-11-6-2-1-3-7-11/h1-9H,10H2,(H,16,17)/i15-1. The number of hydrogen-bond acceptors (Lipinski definition) is 2. The average Bonchev–Trinajstić information content (AvgIpc) is 2.42. The molecule has 0 aliphatic rings. The number of nitrogens with one attached hydrogen (secondary N) is 1. The average molecular weight is 244 g/mol. The summed E-state index contributed by atoms with van der Waals surface area (Å²) in [5, 5.41) is 2.44.